The first-order valence-electron chi connectivity index (χ1n) is 7.47. The monoisotopic (exact) mass is 265 g/mol. The van der Waals surface area contributed by atoms with Crippen molar-refractivity contribution in [3.05, 3.63) is 18.0 Å². The van der Waals surface area contributed by atoms with E-state index in [1.807, 2.05) is 0 Å². The summed E-state index contributed by atoms with van der Waals surface area (Å²) in [5.74, 6) is 0.511. The molecule has 2 rings (SSSR count). The molecule has 1 fully saturated rings. The van der Waals surface area contributed by atoms with E-state index in [1.54, 1.807) is 7.11 Å². The van der Waals surface area contributed by atoms with E-state index in [2.05, 4.69) is 23.9 Å². The van der Waals surface area contributed by atoms with E-state index in [0.717, 1.165) is 25.1 Å². The Morgan fingerprint density at radius 1 is 1.47 bits per heavy atom. The summed E-state index contributed by atoms with van der Waals surface area (Å²) < 4.78 is 7.30. The van der Waals surface area contributed by atoms with Crippen LogP contribution in [-0.2, 0) is 11.2 Å². The highest BCUT2D eigenvalue weighted by molar-refractivity contribution is 5.02. The lowest BCUT2D eigenvalue weighted by Crippen LogP contribution is -2.27. The number of hydrogen-bond donors (Lipinski definition) is 1. The van der Waals surface area contributed by atoms with E-state index in [-0.39, 0.29) is 6.04 Å². The zero-order valence-electron chi connectivity index (χ0n) is 12.2. The number of ether oxygens (including phenoxy) is 1. The van der Waals surface area contributed by atoms with E-state index >= 15 is 0 Å². The molecule has 1 aliphatic carbocycles. The third-order valence-corrected chi connectivity index (χ3v) is 3.99. The van der Waals surface area contributed by atoms with Crippen LogP contribution in [0.4, 0.5) is 0 Å². The SMILES string of the molecule is COCC(C)CC(N)Cc1ccn(C2CCCC2)n1. The molecular weight excluding hydrogens is 238 g/mol. The summed E-state index contributed by atoms with van der Waals surface area (Å²) in [4.78, 5) is 0. The standard InChI is InChI=1S/C15H27N3O/c1-12(11-19-2)9-13(16)10-14-7-8-18(17-14)15-5-3-4-6-15/h7-8,12-13,15H,3-6,9-11,16H2,1-2H3. The van der Waals surface area contributed by atoms with Crippen molar-refractivity contribution in [3.63, 3.8) is 0 Å². The van der Waals surface area contributed by atoms with E-state index in [0.29, 0.717) is 12.0 Å². The van der Waals surface area contributed by atoms with Crippen molar-refractivity contribution in [1.29, 1.82) is 0 Å². The topological polar surface area (TPSA) is 53.1 Å². The lowest BCUT2D eigenvalue weighted by molar-refractivity contribution is 0.152. The van der Waals surface area contributed by atoms with E-state index in [1.165, 1.54) is 25.7 Å². The van der Waals surface area contributed by atoms with E-state index < -0.39 is 0 Å². The first-order chi connectivity index (χ1) is 9.19. The highest BCUT2D eigenvalue weighted by Crippen LogP contribution is 2.28. The molecule has 1 aliphatic rings. The minimum absolute atomic E-state index is 0.178. The van der Waals surface area contributed by atoms with Gasteiger partial charge in [-0.3, -0.25) is 4.68 Å². The molecule has 0 bridgehead atoms. The van der Waals surface area contributed by atoms with Crippen LogP contribution < -0.4 is 5.73 Å². The second kappa shape index (κ2) is 7.06. The van der Waals surface area contributed by atoms with Crippen molar-refractivity contribution in [3.8, 4) is 0 Å². The third kappa shape index (κ3) is 4.32. The summed E-state index contributed by atoms with van der Waals surface area (Å²) in [6.07, 6.45) is 9.21. The fraction of sp³-hybridized carbons (Fsp3) is 0.800. The van der Waals surface area contributed by atoms with Gasteiger partial charge in [0.05, 0.1) is 11.7 Å². The molecule has 0 aromatic carbocycles. The van der Waals surface area contributed by atoms with Crippen LogP contribution in [0.15, 0.2) is 12.3 Å². The second-order valence-corrected chi connectivity index (χ2v) is 5.99. The smallest absolute Gasteiger partial charge is 0.0640 e. The predicted molar refractivity (Wildman–Crippen MR) is 77.1 cm³/mol. The molecule has 1 aromatic rings. The van der Waals surface area contributed by atoms with Gasteiger partial charge in [-0.1, -0.05) is 19.8 Å². The van der Waals surface area contributed by atoms with Crippen molar-refractivity contribution < 1.29 is 4.74 Å². The molecule has 19 heavy (non-hydrogen) atoms. The molecule has 1 heterocycles. The molecule has 0 spiro atoms. The Balaban J connectivity index is 1.81. The molecule has 4 nitrogen and oxygen atoms in total. The van der Waals surface area contributed by atoms with Crippen molar-refractivity contribution in [1.82, 2.24) is 9.78 Å². The van der Waals surface area contributed by atoms with Crippen LogP contribution in [0.2, 0.25) is 0 Å². The van der Waals surface area contributed by atoms with Crippen molar-refractivity contribution in [2.24, 2.45) is 11.7 Å². The van der Waals surface area contributed by atoms with Crippen LogP contribution in [0.5, 0.6) is 0 Å². The Hall–Kier alpha value is -0.870. The number of rotatable bonds is 7. The molecule has 2 N–H and O–H groups in total. The number of aromatic nitrogens is 2. The van der Waals surface area contributed by atoms with Crippen LogP contribution in [0, 0.1) is 5.92 Å². The van der Waals surface area contributed by atoms with Gasteiger partial charge in [-0.2, -0.15) is 5.10 Å². The highest BCUT2D eigenvalue weighted by atomic mass is 16.5. The average molecular weight is 265 g/mol. The lowest BCUT2D eigenvalue weighted by atomic mass is 10.00. The predicted octanol–water partition coefficient (Wildman–Crippen LogP) is 2.54. The van der Waals surface area contributed by atoms with Gasteiger partial charge >= 0.3 is 0 Å². The van der Waals surface area contributed by atoms with Gasteiger partial charge in [-0.15, -0.1) is 0 Å². The summed E-state index contributed by atoms with van der Waals surface area (Å²) >= 11 is 0. The van der Waals surface area contributed by atoms with Crippen LogP contribution in [0.3, 0.4) is 0 Å². The number of hydrogen-bond acceptors (Lipinski definition) is 3. The molecule has 108 valence electrons. The molecule has 1 aromatic heterocycles. The molecule has 0 amide bonds. The molecule has 4 heteroatoms. The second-order valence-electron chi connectivity index (χ2n) is 5.99. The highest BCUT2D eigenvalue weighted by Gasteiger charge is 2.18. The van der Waals surface area contributed by atoms with Gasteiger partial charge in [0.2, 0.25) is 0 Å². The molecule has 0 radical (unpaired) electrons. The van der Waals surface area contributed by atoms with Gasteiger partial charge < -0.3 is 10.5 Å². The molecule has 0 aliphatic heterocycles. The van der Waals surface area contributed by atoms with Crippen LogP contribution in [0.25, 0.3) is 0 Å². The number of nitrogens with zero attached hydrogens (tertiary/aromatic N) is 2. The lowest BCUT2D eigenvalue weighted by Gasteiger charge is -2.15. The van der Waals surface area contributed by atoms with Crippen LogP contribution >= 0.6 is 0 Å². The van der Waals surface area contributed by atoms with Gasteiger partial charge in [0, 0.05) is 32.4 Å². The zero-order valence-corrected chi connectivity index (χ0v) is 12.2. The fourth-order valence-corrected chi connectivity index (χ4v) is 3.08. The van der Waals surface area contributed by atoms with Gasteiger partial charge in [0.25, 0.3) is 0 Å². The van der Waals surface area contributed by atoms with Gasteiger partial charge in [-0.25, -0.2) is 0 Å². The quantitative estimate of drug-likeness (QED) is 0.824. The Morgan fingerprint density at radius 3 is 2.89 bits per heavy atom. The van der Waals surface area contributed by atoms with Crippen LogP contribution in [0.1, 0.15) is 50.8 Å². The molecule has 2 unspecified atom stereocenters. The third-order valence-electron chi connectivity index (χ3n) is 3.99. The van der Waals surface area contributed by atoms with Crippen molar-refractivity contribution in [2.75, 3.05) is 13.7 Å². The maximum absolute atomic E-state index is 6.19. The zero-order chi connectivity index (χ0) is 13.7. The first-order valence-corrected chi connectivity index (χ1v) is 7.47. The Bertz CT molecular complexity index is 371. The Labute approximate surface area is 116 Å². The Morgan fingerprint density at radius 2 is 2.21 bits per heavy atom. The Kier molecular flexibility index (Phi) is 5.40. The summed E-state index contributed by atoms with van der Waals surface area (Å²) in [6, 6.07) is 2.92. The largest absolute Gasteiger partial charge is 0.384 e. The normalized spacial score (nSPS) is 19.7. The summed E-state index contributed by atoms with van der Waals surface area (Å²) in [6.45, 7) is 2.96. The molecular formula is C15H27N3O. The summed E-state index contributed by atoms with van der Waals surface area (Å²) in [5.41, 5.74) is 7.32. The van der Waals surface area contributed by atoms with Gasteiger partial charge in [0.15, 0.2) is 0 Å². The fourth-order valence-electron chi connectivity index (χ4n) is 3.08. The molecule has 1 saturated carbocycles. The maximum Gasteiger partial charge on any atom is 0.0640 e. The van der Waals surface area contributed by atoms with Gasteiger partial charge in [0.1, 0.15) is 0 Å². The van der Waals surface area contributed by atoms with E-state index in [4.69, 9.17) is 15.6 Å². The first kappa shape index (κ1) is 14.5. The molecule has 0 saturated heterocycles. The minimum Gasteiger partial charge on any atom is -0.384 e. The van der Waals surface area contributed by atoms with Gasteiger partial charge in [-0.05, 0) is 31.2 Å². The number of nitrogens with two attached hydrogens (primary N) is 1. The summed E-state index contributed by atoms with van der Waals surface area (Å²) in [5, 5.41) is 4.69. The average Bonchev–Trinajstić information content (AvgIpc) is 2.98. The summed E-state index contributed by atoms with van der Waals surface area (Å²) in [7, 11) is 1.74. The van der Waals surface area contributed by atoms with Crippen molar-refractivity contribution >= 4 is 0 Å². The molecule has 2 atom stereocenters. The maximum atomic E-state index is 6.19. The van der Waals surface area contributed by atoms with E-state index in [9.17, 15) is 0 Å². The van der Waals surface area contributed by atoms with Crippen molar-refractivity contribution in [2.45, 2.75) is 57.5 Å². The van der Waals surface area contributed by atoms with Crippen LogP contribution in [-0.4, -0.2) is 29.5 Å². The number of methoxy groups -OCH3 is 1. The minimum atomic E-state index is 0.178.